The highest BCUT2D eigenvalue weighted by atomic mass is 16.5. The van der Waals surface area contributed by atoms with Crippen LogP contribution in [0.25, 0.3) is 21.8 Å². The number of carbonyl (C=O) groups is 8. The van der Waals surface area contributed by atoms with Gasteiger partial charge in [-0.3, -0.25) is 33.6 Å². The fourth-order valence-corrected chi connectivity index (χ4v) is 8.78. The van der Waals surface area contributed by atoms with Crippen LogP contribution in [-0.2, 0) is 51.2 Å². The van der Waals surface area contributed by atoms with E-state index in [1.165, 1.54) is 6.20 Å². The third kappa shape index (κ3) is 11.2. The molecule has 7 amide bonds. The number of nitrogens with two attached hydrogens (primary N) is 3. The van der Waals surface area contributed by atoms with Gasteiger partial charge in [0.2, 0.25) is 41.4 Å². The Morgan fingerprint density at radius 1 is 0.800 bits per heavy atom. The minimum absolute atomic E-state index is 0.0125. The van der Waals surface area contributed by atoms with Gasteiger partial charge in [-0.25, -0.2) is 4.79 Å². The van der Waals surface area contributed by atoms with Gasteiger partial charge in [0.25, 0.3) is 0 Å². The van der Waals surface area contributed by atoms with E-state index >= 15 is 0 Å². The summed E-state index contributed by atoms with van der Waals surface area (Å²) in [6, 6.07) is 7.27. The summed E-state index contributed by atoms with van der Waals surface area (Å²) in [4.78, 5) is 116. The number of carboxylic acids is 1. The lowest BCUT2D eigenvalue weighted by atomic mass is 9.85. The molecule has 5 heterocycles. The minimum Gasteiger partial charge on any atom is -0.481 e. The summed E-state index contributed by atoms with van der Waals surface area (Å²) < 4.78 is 6.73. The second-order valence-corrected chi connectivity index (χ2v) is 17.2. The van der Waals surface area contributed by atoms with Gasteiger partial charge >= 0.3 is 5.97 Å². The molecule has 23 nitrogen and oxygen atoms in total. The predicted octanol–water partition coefficient (Wildman–Crippen LogP) is -2.42. The molecule has 5 aromatic rings. The Morgan fingerprint density at radius 2 is 1.54 bits per heavy atom. The van der Waals surface area contributed by atoms with Crippen molar-refractivity contribution in [3.63, 3.8) is 0 Å². The number of ether oxygens (including phenoxy) is 1. The molecule has 3 aliphatic heterocycles. The number of primary amides is 1. The van der Waals surface area contributed by atoms with Crippen molar-refractivity contribution < 1.29 is 58.4 Å². The standard InChI is InChI=1S/C47H55N11O12/c48-13-5-9-25-23-11-12-27-28(19-51-30(27)16-23)40-39(58-42(63)31(17-36(50)61)53-41(62)29(49)15-24-18-52-37-26(24)8-4-10-35(37)70-40)46(67)56-34(21-60)44(65)57-38(25)45(66)55-33(20-59)43(64)54-32(47(68)69)14-22-6-2-1-3-7-22/h1-4,6-8,10-12,16,18-19,25,29,31-34,38-40,51-52,59-60H,5,9,13-15,17,20-21,48-49H2,(H2,50,61)(H,53,62)(H,54,64)(H,55,66)(H,56,67)(H,57,65)(H,58,63)(H,68,69)/t25-,29-,31-,32-,33-,34-,38-,39-,40?/m0/s1. The Hall–Kier alpha value is -7.86. The molecule has 9 atom stereocenters. The number of aromatic amines is 2. The van der Waals surface area contributed by atoms with Crippen LogP contribution in [0.15, 0.2) is 79.1 Å². The first-order valence-corrected chi connectivity index (χ1v) is 22.5. The number of fused-ring (bicyclic) bond motifs is 7. The average Bonchev–Trinajstić information content (AvgIpc) is 3.96. The van der Waals surface area contributed by atoms with Crippen molar-refractivity contribution in [2.45, 2.75) is 86.4 Å². The number of benzene rings is 3. The Morgan fingerprint density at radius 3 is 2.24 bits per heavy atom. The van der Waals surface area contributed by atoms with E-state index in [4.69, 9.17) is 21.9 Å². The number of rotatable bonds is 14. The van der Waals surface area contributed by atoms with E-state index in [-0.39, 0.29) is 31.6 Å². The maximum absolute atomic E-state index is 14.8. The molecule has 0 spiro atoms. The van der Waals surface area contributed by atoms with Gasteiger partial charge in [-0.15, -0.1) is 0 Å². The van der Waals surface area contributed by atoms with Gasteiger partial charge in [-0.2, -0.15) is 0 Å². The van der Waals surface area contributed by atoms with Crippen molar-refractivity contribution in [3.8, 4) is 5.75 Å². The number of nitrogens with one attached hydrogen (secondary N) is 8. The number of aliphatic hydroxyl groups is 2. The lowest BCUT2D eigenvalue weighted by Crippen LogP contribution is -2.62. The van der Waals surface area contributed by atoms with Gasteiger partial charge in [0.1, 0.15) is 42.0 Å². The first-order chi connectivity index (χ1) is 33.6. The van der Waals surface area contributed by atoms with Gasteiger partial charge in [0.05, 0.1) is 31.2 Å². The quantitative estimate of drug-likeness (QED) is 0.0551. The molecular formula is C47H55N11O12. The topological polar surface area (TPSA) is 388 Å². The largest absolute Gasteiger partial charge is 0.481 e. The second kappa shape index (κ2) is 22.1. The van der Waals surface area contributed by atoms with Crippen LogP contribution < -0.4 is 53.8 Å². The molecule has 0 saturated heterocycles. The number of para-hydroxylation sites is 1. The molecule has 370 valence electrons. The summed E-state index contributed by atoms with van der Waals surface area (Å²) in [5.74, 6) is -9.20. The molecule has 1 unspecified atom stereocenters. The van der Waals surface area contributed by atoms with Crippen molar-refractivity contribution in [2.75, 3.05) is 19.8 Å². The van der Waals surface area contributed by atoms with Gasteiger partial charge in [0.15, 0.2) is 6.10 Å². The van der Waals surface area contributed by atoms with Crippen molar-refractivity contribution >= 4 is 69.1 Å². The highest BCUT2D eigenvalue weighted by Gasteiger charge is 2.42. The Bertz CT molecular complexity index is 2780. The molecule has 8 bridgehead atoms. The molecule has 2 aromatic heterocycles. The lowest BCUT2D eigenvalue weighted by Gasteiger charge is -2.33. The molecule has 0 saturated carbocycles. The summed E-state index contributed by atoms with van der Waals surface area (Å²) >= 11 is 0. The molecule has 3 aromatic carbocycles. The van der Waals surface area contributed by atoms with Gasteiger partial charge in [-0.05, 0) is 54.6 Å². The number of aliphatic hydroxyl groups excluding tert-OH is 2. The van der Waals surface area contributed by atoms with E-state index in [2.05, 4.69) is 41.9 Å². The highest BCUT2D eigenvalue weighted by Crippen LogP contribution is 2.37. The molecular weight excluding hydrogens is 911 g/mol. The number of hydrogen-bond donors (Lipinski definition) is 14. The van der Waals surface area contributed by atoms with Crippen LogP contribution in [-0.4, -0.2) is 135 Å². The lowest BCUT2D eigenvalue weighted by molar-refractivity contribution is -0.142. The monoisotopic (exact) mass is 965 g/mol. The van der Waals surface area contributed by atoms with E-state index in [1.807, 2.05) is 0 Å². The molecule has 8 rings (SSSR count). The van der Waals surface area contributed by atoms with E-state index < -0.39 is 121 Å². The number of aromatic nitrogens is 2. The highest BCUT2D eigenvalue weighted by molar-refractivity contribution is 6.00. The van der Waals surface area contributed by atoms with Crippen LogP contribution in [0.2, 0.25) is 0 Å². The number of aliphatic carboxylic acids is 1. The van der Waals surface area contributed by atoms with Crippen LogP contribution in [0.4, 0.5) is 0 Å². The van der Waals surface area contributed by atoms with E-state index in [1.54, 1.807) is 72.9 Å². The van der Waals surface area contributed by atoms with Crippen LogP contribution in [0, 0.1) is 0 Å². The van der Waals surface area contributed by atoms with Crippen molar-refractivity contribution in [3.05, 3.63) is 101 Å². The zero-order valence-electron chi connectivity index (χ0n) is 37.6. The van der Waals surface area contributed by atoms with Crippen LogP contribution in [0.5, 0.6) is 5.75 Å². The summed E-state index contributed by atoms with van der Waals surface area (Å²) in [6.45, 7) is -1.89. The van der Waals surface area contributed by atoms with Crippen LogP contribution in [0.1, 0.15) is 53.5 Å². The van der Waals surface area contributed by atoms with Gasteiger partial charge < -0.3 is 79.1 Å². The second-order valence-electron chi connectivity index (χ2n) is 17.2. The minimum atomic E-state index is -1.83. The Labute approximate surface area is 399 Å². The SMILES string of the molecule is NCCC[C@H]1c2ccc3c(c[nH]c3c2)C2Oc3cccc4c(c[nH]c34)C[C@H](N)C(=O)N[C@@H](CC(N)=O)C(=O)N[C@@H]2C(=O)N[C@@H](CO)C(=O)N[C@@H]1C(=O)N[C@@H](CO)C(=O)N[C@@H](Cc1ccccc1)C(=O)O. The molecule has 0 aliphatic carbocycles. The fourth-order valence-electron chi connectivity index (χ4n) is 8.78. The molecule has 23 heteroatoms. The van der Waals surface area contributed by atoms with Crippen LogP contribution >= 0.6 is 0 Å². The van der Waals surface area contributed by atoms with Gasteiger partial charge in [0, 0.05) is 46.6 Å². The van der Waals surface area contributed by atoms with E-state index in [0.717, 1.165) is 0 Å². The third-order valence-corrected chi connectivity index (χ3v) is 12.4. The number of amides is 7. The van der Waals surface area contributed by atoms with Crippen molar-refractivity contribution in [1.82, 2.24) is 41.9 Å². The normalized spacial score (nSPS) is 22.8. The smallest absolute Gasteiger partial charge is 0.326 e. The van der Waals surface area contributed by atoms with E-state index in [0.29, 0.717) is 50.5 Å². The van der Waals surface area contributed by atoms with E-state index in [9.17, 15) is 53.7 Å². The summed E-state index contributed by atoms with van der Waals surface area (Å²) in [6.07, 6.45) is 1.38. The zero-order valence-corrected chi connectivity index (χ0v) is 37.6. The van der Waals surface area contributed by atoms with Crippen molar-refractivity contribution in [1.29, 1.82) is 0 Å². The number of carbonyl (C=O) groups excluding carboxylic acids is 7. The summed E-state index contributed by atoms with van der Waals surface area (Å²) in [5.41, 5.74) is 20.6. The number of hydrogen-bond acceptors (Lipinski definition) is 13. The first-order valence-electron chi connectivity index (χ1n) is 22.5. The molecule has 3 aliphatic rings. The maximum Gasteiger partial charge on any atom is 0.326 e. The zero-order chi connectivity index (χ0) is 50.2. The van der Waals surface area contributed by atoms with Crippen molar-refractivity contribution in [2.24, 2.45) is 17.2 Å². The van der Waals surface area contributed by atoms with Crippen LogP contribution in [0.3, 0.4) is 0 Å². The Balaban J connectivity index is 1.31. The average molecular weight is 966 g/mol. The number of H-pyrrole nitrogens is 2. The molecule has 0 radical (unpaired) electrons. The summed E-state index contributed by atoms with van der Waals surface area (Å²) in [5, 5.41) is 47.0. The molecule has 0 fully saturated rings. The maximum atomic E-state index is 14.8. The number of carboxylic acid groups (broad SMARTS) is 1. The predicted molar refractivity (Wildman–Crippen MR) is 250 cm³/mol. The third-order valence-electron chi connectivity index (χ3n) is 12.4. The summed E-state index contributed by atoms with van der Waals surface area (Å²) in [7, 11) is 0. The molecule has 70 heavy (non-hydrogen) atoms. The Kier molecular flexibility index (Phi) is 15.8. The van der Waals surface area contributed by atoms with Gasteiger partial charge in [-0.1, -0.05) is 54.6 Å². The molecule has 17 N–H and O–H groups in total. The first kappa shape index (κ1) is 50.0. The fraction of sp³-hybridized carbons (Fsp3) is 0.362.